The Morgan fingerprint density at radius 2 is 2.05 bits per heavy atom. The summed E-state index contributed by atoms with van der Waals surface area (Å²) in [5.74, 6) is 0.943. The molecular weight excluding hydrogens is 274 g/mol. The summed E-state index contributed by atoms with van der Waals surface area (Å²) in [6.45, 7) is 9.25. The van der Waals surface area contributed by atoms with Gasteiger partial charge in [-0.05, 0) is 31.9 Å². The molecule has 118 valence electrons. The van der Waals surface area contributed by atoms with Crippen LogP contribution < -0.4 is 4.90 Å². The van der Waals surface area contributed by atoms with Gasteiger partial charge in [0.1, 0.15) is 5.76 Å². The van der Waals surface area contributed by atoms with Crippen molar-refractivity contribution in [3.63, 3.8) is 0 Å². The monoisotopic (exact) mass is 299 g/mol. The maximum Gasteiger partial charge on any atom is 0.138 e. The number of aromatic nitrogens is 1. The number of likely N-dealkylation sites (N-methyl/N-ethyl adjacent to an activating group) is 1. The molecule has 0 fully saturated rings. The van der Waals surface area contributed by atoms with Gasteiger partial charge in [0.05, 0.1) is 5.69 Å². The normalized spacial score (nSPS) is 19.1. The summed E-state index contributed by atoms with van der Waals surface area (Å²) >= 11 is 0. The van der Waals surface area contributed by atoms with Gasteiger partial charge < -0.3 is 9.42 Å². The zero-order valence-corrected chi connectivity index (χ0v) is 14.0. The second-order valence-electron chi connectivity index (χ2n) is 6.28. The van der Waals surface area contributed by atoms with Crippen LogP contribution in [0, 0.1) is 13.8 Å². The SMILES string of the molecule is CC[C@H]1CN(C)c2ccccc2CN1Cc1c(C)noc1C. The highest BCUT2D eigenvalue weighted by Crippen LogP contribution is 2.29. The van der Waals surface area contributed by atoms with Gasteiger partial charge in [0.2, 0.25) is 0 Å². The van der Waals surface area contributed by atoms with Crippen LogP contribution in [0.4, 0.5) is 5.69 Å². The summed E-state index contributed by atoms with van der Waals surface area (Å²) in [5, 5.41) is 4.10. The maximum absolute atomic E-state index is 5.34. The molecule has 4 nitrogen and oxygen atoms in total. The molecule has 1 aliphatic heterocycles. The van der Waals surface area contributed by atoms with Crippen LogP contribution >= 0.6 is 0 Å². The third-order valence-electron chi connectivity index (χ3n) is 4.79. The maximum atomic E-state index is 5.34. The lowest BCUT2D eigenvalue weighted by molar-refractivity contribution is 0.180. The number of aryl methyl sites for hydroxylation is 2. The average Bonchev–Trinajstić information content (AvgIpc) is 2.76. The molecule has 3 rings (SSSR count). The minimum Gasteiger partial charge on any atom is -0.373 e. The van der Waals surface area contributed by atoms with Gasteiger partial charge in [-0.1, -0.05) is 30.3 Å². The van der Waals surface area contributed by atoms with Gasteiger partial charge in [0, 0.05) is 44.0 Å². The molecule has 1 atom stereocenters. The molecule has 0 bridgehead atoms. The van der Waals surface area contributed by atoms with Crippen molar-refractivity contribution >= 4 is 5.69 Å². The molecule has 2 aromatic rings. The van der Waals surface area contributed by atoms with E-state index in [1.807, 2.05) is 13.8 Å². The average molecular weight is 299 g/mol. The van der Waals surface area contributed by atoms with E-state index in [4.69, 9.17) is 4.52 Å². The summed E-state index contributed by atoms with van der Waals surface area (Å²) in [7, 11) is 2.20. The number of fused-ring (bicyclic) bond motifs is 1. The van der Waals surface area contributed by atoms with E-state index >= 15 is 0 Å². The number of benzene rings is 1. The molecule has 0 radical (unpaired) electrons. The predicted octanol–water partition coefficient (Wildman–Crippen LogP) is 3.52. The quantitative estimate of drug-likeness (QED) is 0.868. The Morgan fingerprint density at radius 3 is 2.73 bits per heavy atom. The van der Waals surface area contributed by atoms with Crippen LogP contribution in [-0.2, 0) is 13.1 Å². The first-order valence-electron chi connectivity index (χ1n) is 8.05. The number of hydrogen-bond acceptors (Lipinski definition) is 4. The number of para-hydroxylation sites is 1. The van der Waals surface area contributed by atoms with Crippen LogP contribution in [0.25, 0.3) is 0 Å². The number of hydrogen-bond donors (Lipinski definition) is 0. The summed E-state index contributed by atoms with van der Waals surface area (Å²) in [6.07, 6.45) is 1.14. The summed E-state index contributed by atoms with van der Waals surface area (Å²) in [4.78, 5) is 4.95. The first-order chi connectivity index (χ1) is 10.6. The number of anilines is 1. The molecule has 1 aliphatic rings. The molecule has 0 saturated heterocycles. The van der Waals surface area contributed by atoms with Crippen molar-refractivity contribution in [3.8, 4) is 0 Å². The molecule has 0 unspecified atom stereocenters. The van der Waals surface area contributed by atoms with Gasteiger partial charge in [0.25, 0.3) is 0 Å². The fourth-order valence-electron chi connectivity index (χ4n) is 3.40. The fraction of sp³-hybridized carbons (Fsp3) is 0.500. The van der Waals surface area contributed by atoms with Gasteiger partial charge >= 0.3 is 0 Å². The van der Waals surface area contributed by atoms with E-state index < -0.39 is 0 Å². The van der Waals surface area contributed by atoms with E-state index in [0.29, 0.717) is 6.04 Å². The Hall–Kier alpha value is -1.81. The third-order valence-corrected chi connectivity index (χ3v) is 4.79. The molecule has 2 heterocycles. The highest BCUT2D eigenvalue weighted by atomic mass is 16.5. The van der Waals surface area contributed by atoms with Crippen molar-refractivity contribution in [1.82, 2.24) is 10.1 Å². The standard InChI is InChI=1S/C18H25N3O/c1-5-16-11-20(4)18-9-7-6-8-15(18)10-21(16)12-17-13(2)19-22-14(17)3/h6-9,16H,5,10-12H2,1-4H3/t16-/m0/s1. The Kier molecular flexibility index (Phi) is 4.21. The zero-order chi connectivity index (χ0) is 15.7. The Labute approximate surface area is 132 Å². The smallest absolute Gasteiger partial charge is 0.138 e. The van der Waals surface area contributed by atoms with Crippen molar-refractivity contribution in [2.75, 3.05) is 18.5 Å². The molecule has 1 aromatic carbocycles. The van der Waals surface area contributed by atoms with Crippen LogP contribution in [0.2, 0.25) is 0 Å². The van der Waals surface area contributed by atoms with Crippen molar-refractivity contribution in [2.24, 2.45) is 0 Å². The molecule has 0 amide bonds. The van der Waals surface area contributed by atoms with E-state index in [9.17, 15) is 0 Å². The van der Waals surface area contributed by atoms with Crippen molar-refractivity contribution in [3.05, 3.63) is 46.8 Å². The van der Waals surface area contributed by atoms with E-state index in [0.717, 1.165) is 37.5 Å². The minimum atomic E-state index is 0.533. The molecular formula is C18H25N3O. The summed E-state index contributed by atoms with van der Waals surface area (Å²) in [6, 6.07) is 9.25. The predicted molar refractivity (Wildman–Crippen MR) is 89.0 cm³/mol. The van der Waals surface area contributed by atoms with Crippen molar-refractivity contribution in [1.29, 1.82) is 0 Å². The largest absolute Gasteiger partial charge is 0.373 e. The second kappa shape index (κ2) is 6.13. The van der Waals surface area contributed by atoms with Crippen LogP contribution in [0.15, 0.2) is 28.8 Å². The van der Waals surface area contributed by atoms with Crippen LogP contribution in [0.1, 0.15) is 35.9 Å². The zero-order valence-electron chi connectivity index (χ0n) is 14.0. The van der Waals surface area contributed by atoms with Gasteiger partial charge in [-0.25, -0.2) is 0 Å². The van der Waals surface area contributed by atoms with E-state index in [1.54, 1.807) is 0 Å². The van der Waals surface area contributed by atoms with Gasteiger partial charge in [-0.2, -0.15) is 0 Å². The van der Waals surface area contributed by atoms with Crippen LogP contribution in [-0.4, -0.2) is 29.7 Å². The Bertz CT molecular complexity index is 630. The lowest BCUT2D eigenvalue weighted by Crippen LogP contribution is -2.39. The van der Waals surface area contributed by atoms with E-state index in [2.05, 4.69) is 53.2 Å². The number of rotatable bonds is 3. The molecule has 4 heteroatoms. The highest BCUT2D eigenvalue weighted by molar-refractivity contribution is 5.54. The fourth-order valence-corrected chi connectivity index (χ4v) is 3.40. The molecule has 0 saturated carbocycles. The summed E-state index contributed by atoms with van der Waals surface area (Å²) in [5.41, 5.74) is 4.99. The topological polar surface area (TPSA) is 32.5 Å². The highest BCUT2D eigenvalue weighted by Gasteiger charge is 2.26. The Balaban J connectivity index is 1.92. The van der Waals surface area contributed by atoms with E-state index in [-0.39, 0.29) is 0 Å². The molecule has 0 spiro atoms. The number of nitrogens with zero attached hydrogens (tertiary/aromatic N) is 3. The minimum absolute atomic E-state index is 0.533. The van der Waals surface area contributed by atoms with Crippen molar-refractivity contribution in [2.45, 2.75) is 46.3 Å². The summed E-state index contributed by atoms with van der Waals surface area (Å²) < 4.78 is 5.34. The molecule has 22 heavy (non-hydrogen) atoms. The van der Waals surface area contributed by atoms with Gasteiger partial charge in [-0.15, -0.1) is 0 Å². The van der Waals surface area contributed by atoms with Crippen LogP contribution in [0.5, 0.6) is 0 Å². The second-order valence-corrected chi connectivity index (χ2v) is 6.28. The van der Waals surface area contributed by atoms with Gasteiger partial charge in [-0.3, -0.25) is 4.90 Å². The molecule has 0 N–H and O–H groups in total. The molecule has 1 aromatic heterocycles. The van der Waals surface area contributed by atoms with Gasteiger partial charge in [0.15, 0.2) is 0 Å². The van der Waals surface area contributed by atoms with Crippen molar-refractivity contribution < 1.29 is 4.52 Å². The lowest BCUT2D eigenvalue weighted by atomic mass is 10.1. The first kappa shape index (κ1) is 15.1. The molecule has 0 aliphatic carbocycles. The Morgan fingerprint density at radius 1 is 1.27 bits per heavy atom. The lowest BCUT2D eigenvalue weighted by Gasteiger charge is -2.30. The first-order valence-corrected chi connectivity index (χ1v) is 8.05. The van der Waals surface area contributed by atoms with E-state index in [1.165, 1.54) is 16.8 Å². The third kappa shape index (κ3) is 2.75. The van der Waals surface area contributed by atoms with Crippen LogP contribution in [0.3, 0.4) is 0 Å².